The van der Waals surface area contributed by atoms with E-state index < -0.39 is 78.4 Å². The molecule has 0 aromatic heterocycles. The van der Waals surface area contributed by atoms with Crippen molar-refractivity contribution in [2.75, 3.05) is 26.4 Å². The summed E-state index contributed by atoms with van der Waals surface area (Å²) in [6.45, 7) is 1.40. The molecule has 0 saturated heterocycles. The van der Waals surface area contributed by atoms with Gasteiger partial charge < -0.3 is 39.5 Å². The average molecular weight is 939 g/mol. The molecule has 368 valence electrons. The van der Waals surface area contributed by atoms with Crippen LogP contribution in [0, 0.1) is 0 Å². The van der Waals surface area contributed by atoms with E-state index in [1.807, 2.05) is 12.2 Å². The molecule has 0 fully saturated rings. The Hall–Kier alpha value is -2.00. The molecule has 0 heterocycles. The molecule has 0 aliphatic heterocycles. The molecule has 0 aromatic rings. The van der Waals surface area contributed by atoms with E-state index in [2.05, 4.69) is 53.3 Å². The molecule has 63 heavy (non-hydrogen) atoms. The monoisotopic (exact) mass is 939 g/mol. The van der Waals surface area contributed by atoms with Crippen LogP contribution in [0.1, 0.15) is 181 Å². The summed E-state index contributed by atoms with van der Waals surface area (Å²) < 4.78 is 47.6. The summed E-state index contributed by atoms with van der Waals surface area (Å²) in [5.41, 5.74) is 0. The van der Waals surface area contributed by atoms with Crippen molar-refractivity contribution < 1.29 is 71.8 Å². The SMILES string of the molecule is CCCCC/C=C\C/C=C\C/C=C\CC(O)C(O)CCCC(=O)O[C@H](COC(=O)CCCCCCCCC/C=C\CCCCCCCC)COP(=O)(O)OC[C@@H](O)COP(=O)(O)O. The number of carbonyl (C=O) groups excluding carboxylic acids is 2. The number of hydrogen-bond donors (Lipinski definition) is 6. The zero-order valence-electron chi connectivity index (χ0n) is 38.4. The molecule has 0 radical (unpaired) electrons. The van der Waals surface area contributed by atoms with Gasteiger partial charge in [-0.3, -0.25) is 23.2 Å². The van der Waals surface area contributed by atoms with Crippen molar-refractivity contribution in [3.63, 3.8) is 0 Å². The quantitative estimate of drug-likeness (QED) is 0.0144. The maximum absolute atomic E-state index is 12.7. The number of carbonyl (C=O) groups is 2. The maximum Gasteiger partial charge on any atom is 0.472 e. The number of aliphatic hydroxyl groups excluding tert-OH is 3. The third kappa shape index (κ3) is 43.7. The van der Waals surface area contributed by atoms with Crippen LogP contribution in [0.15, 0.2) is 48.6 Å². The van der Waals surface area contributed by atoms with E-state index in [-0.39, 0.29) is 32.1 Å². The molecule has 0 spiro atoms. The highest BCUT2D eigenvalue weighted by Gasteiger charge is 2.28. The highest BCUT2D eigenvalue weighted by Crippen LogP contribution is 2.43. The van der Waals surface area contributed by atoms with Gasteiger partial charge in [0.2, 0.25) is 0 Å². The predicted molar refractivity (Wildman–Crippen MR) is 247 cm³/mol. The first kappa shape index (κ1) is 61.0. The van der Waals surface area contributed by atoms with Crippen molar-refractivity contribution in [1.29, 1.82) is 0 Å². The molecule has 0 aromatic carbocycles. The van der Waals surface area contributed by atoms with Crippen molar-refractivity contribution in [1.82, 2.24) is 0 Å². The lowest BCUT2D eigenvalue weighted by molar-refractivity contribution is -0.161. The van der Waals surface area contributed by atoms with Crippen LogP contribution in [-0.4, -0.2) is 92.8 Å². The molecular weight excluding hydrogens is 854 g/mol. The number of phosphoric ester groups is 2. The second kappa shape index (κ2) is 41.4. The smallest absolute Gasteiger partial charge is 0.462 e. The average Bonchev–Trinajstić information content (AvgIpc) is 3.24. The van der Waals surface area contributed by atoms with Crippen molar-refractivity contribution >= 4 is 27.6 Å². The summed E-state index contributed by atoms with van der Waals surface area (Å²) in [7, 11) is -9.79. The molecule has 0 saturated carbocycles. The summed E-state index contributed by atoms with van der Waals surface area (Å²) in [5.74, 6) is -1.32. The standard InChI is InChI=1S/C46H84O15P2/c1-3-5-7-9-11-13-15-17-18-19-20-21-23-25-27-29-31-35-45(50)57-39-42(40-60-63(55,56)59-38-41(47)37-58-62(52,53)54)61-46(51)36-32-34-44(49)43(48)33-30-28-26-24-22-16-14-12-10-8-6-4-2/h12,14,17-18,22,24,28,30,41-44,47-49H,3-11,13,15-16,19-21,23,25-27,29,31-40H2,1-2H3,(H,55,56)(H2,52,53,54)/b14-12-,18-17-,24-22-,30-28-/t41-,42+,43?,44?/m0/s1. The number of unbranched alkanes of at least 4 members (excludes halogenated alkanes) is 16. The lowest BCUT2D eigenvalue weighted by Crippen LogP contribution is -2.30. The Morgan fingerprint density at radius 2 is 0.968 bits per heavy atom. The third-order valence-electron chi connectivity index (χ3n) is 9.88. The number of esters is 2. The minimum absolute atomic E-state index is 0.0925. The Labute approximate surface area is 378 Å². The van der Waals surface area contributed by atoms with Gasteiger partial charge in [-0.2, -0.15) is 0 Å². The Kier molecular flexibility index (Phi) is 40.1. The summed E-state index contributed by atoms with van der Waals surface area (Å²) >= 11 is 0. The summed E-state index contributed by atoms with van der Waals surface area (Å²) in [4.78, 5) is 52.8. The van der Waals surface area contributed by atoms with Gasteiger partial charge in [0.05, 0.1) is 32.0 Å². The summed E-state index contributed by atoms with van der Waals surface area (Å²) in [5, 5.41) is 30.5. The number of allylic oxidation sites excluding steroid dienone is 7. The Bertz CT molecular complexity index is 1330. The number of aliphatic hydroxyl groups is 3. The van der Waals surface area contributed by atoms with Gasteiger partial charge in [0.1, 0.15) is 12.7 Å². The van der Waals surface area contributed by atoms with Gasteiger partial charge in [-0.15, -0.1) is 0 Å². The van der Waals surface area contributed by atoms with E-state index in [4.69, 9.17) is 23.8 Å². The highest BCUT2D eigenvalue weighted by atomic mass is 31.2. The van der Waals surface area contributed by atoms with Crippen LogP contribution in [0.25, 0.3) is 0 Å². The van der Waals surface area contributed by atoms with Crippen molar-refractivity contribution in [3.8, 4) is 0 Å². The number of phosphoric acid groups is 2. The minimum Gasteiger partial charge on any atom is -0.462 e. The minimum atomic E-state index is -4.90. The molecule has 0 bridgehead atoms. The van der Waals surface area contributed by atoms with Gasteiger partial charge in [0, 0.05) is 12.8 Å². The molecule has 0 aliphatic rings. The van der Waals surface area contributed by atoms with E-state index in [1.54, 1.807) is 6.08 Å². The van der Waals surface area contributed by atoms with Crippen LogP contribution in [-0.2, 0) is 41.8 Å². The third-order valence-corrected chi connectivity index (χ3v) is 11.3. The van der Waals surface area contributed by atoms with Crippen LogP contribution in [0.5, 0.6) is 0 Å². The van der Waals surface area contributed by atoms with Crippen molar-refractivity contribution in [2.24, 2.45) is 0 Å². The van der Waals surface area contributed by atoms with Gasteiger partial charge in [0.15, 0.2) is 6.10 Å². The fourth-order valence-corrected chi connectivity index (χ4v) is 7.31. The first-order chi connectivity index (χ1) is 30.2. The van der Waals surface area contributed by atoms with Crippen LogP contribution >= 0.6 is 15.6 Å². The molecule has 15 nitrogen and oxygen atoms in total. The second-order valence-corrected chi connectivity index (χ2v) is 18.7. The summed E-state index contributed by atoms with van der Waals surface area (Å²) in [6.07, 6.45) is 35.5. The second-order valence-electron chi connectivity index (χ2n) is 16.0. The van der Waals surface area contributed by atoms with Crippen LogP contribution < -0.4 is 0 Å². The summed E-state index contributed by atoms with van der Waals surface area (Å²) in [6, 6.07) is 0. The van der Waals surface area contributed by atoms with Gasteiger partial charge in [0.25, 0.3) is 0 Å². The molecule has 0 aliphatic carbocycles. The Morgan fingerprint density at radius 3 is 1.57 bits per heavy atom. The van der Waals surface area contributed by atoms with E-state index in [0.717, 1.165) is 51.4 Å². The molecular formula is C46H84O15P2. The topological polar surface area (TPSA) is 236 Å². The Morgan fingerprint density at radius 1 is 0.508 bits per heavy atom. The van der Waals surface area contributed by atoms with Gasteiger partial charge >= 0.3 is 27.6 Å². The van der Waals surface area contributed by atoms with E-state index in [9.17, 15) is 38.9 Å². The van der Waals surface area contributed by atoms with Gasteiger partial charge in [-0.1, -0.05) is 140 Å². The van der Waals surface area contributed by atoms with Crippen LogP contribution in [0.3, 0.4) is 0 Å². The normalized spacial score (nSPS) is 15.4. The van der Waals surface area contributed by atoms with Crippen molar-refractivity contribution in [2.45, 2.75) is 205 Å². The number of rotatable bonds is 44. The van der Waals surface area contributed by atoms with Crippen molar-refractivity contribution in [3.05, 3.63) is 48.6 Å². The molecule has 6 N–H and O–H groups in total. The van der Waals surface area contributed by atoms with Crippen LogP contribution in [0.2, 0.25) is 0 Å². The largest absolute Gasteiger partial charge is 0.472 e. The molecule has 5 atom stereocenters. The zero-order valence-corrected chi connectivity index (χ0v) is 40.2. The molecule has 3 unspecified atom stereocenters. The lowest BCUT2D eigenvalue weighted by Gasteiger charge is -2.21. The van der Waals surface area contributed by atoms with E-state index >= 15 is 0 Å². The highest BCUT2D eigenvalue weighted by molar-refractivity contribution is 7.47. The van der Waals surface area contributed by atoms with Crippen LogP contribution in [0.4, 0.5) is 0 Å². The lowest BCUT2D eigenvalue weighted by atomic mass is 10.0. The van der Waals surface area contributed by atoms with Gasteiger partial charge in [-0.25, -0.2) is 9.13 Å². The number of ether oxygens (including phenoxy) is 2. The van der Waals surface area contributed by atoms with E-state index in [1.165, 1.54) is 70.6 Å². The fourth-order valence-electron chi connectivity index (χ4n) is 6.15. The predicted octanol–water partition coefficient (Wildman–Crippen LogP) is 10.2. The molecule has 0 amide bonds. The fraction of sp³-hybridized carbons (Fsp3) is 0.783. The molecule has 17 heteroatoms. The Balaban J connectivity index is 4.71. The number of hydrogen-bond acceptors (Lipinski definition) is 12. The van der Waals surface area contributed by atoms with Gasteiger partial charge in [-0.05, 0) is 77.0 Å². The maximum atomic E-state index is 12.7. The first-order valence-electron chi connectivity index (χ1n) is 23.5. The molecule has 0 rings (SSSR count). The first-order valence-corrected chi connectivity index (χ1v) is 26.5. The van der Waals surface area contributed by atoms with E-state index in [0.29, 0.717) is 12.8 Å². The zero-order chi connectivity index (χ0) is 46.9.